The van der Waals surface area contributed by atoms with Crippen LogP contribution in [0.2, 0.25) is 0 Å². The number of nitrogens with one attached hydrogen (secondary N) is 2. The van der Waals surface area contributed by atoms with E-state index in [1.165, 1.54) is 48.8 Å². The zero-order valence-electron chi connectivity index (χ0n) is 23.0. The van der Waals surface area contributed by atoms with Gasteiger partial charge in [-0.3, -0.25) is 19.5 Å². The molecule has 13 heteroatoms. The number of halogens is 3. The van der Waals surface area contributed by atoms with Crippen LogP contribution in [0.4, 0.5) is 29.5 Å². The third kappa shape index (κ3) is 5.99. The Balaban J connectivity index is 1.12. The number of benzene rings is 2. The van der Waals surface area contributed by atoms with Crippen LogP contribution in [0, 0.1) is 29.3 Å². The number of hydrogen-bond donors (Lipinski definition) is 3. The molecule has 2 aromatic carbocycles. The van der Waals surface area contributed by atoms with Gasteiger partial charge in [0, 0.05) is 49.4 Å². The highest BCUT2D eigenvalue weighted by atomic mass is 19.1. The molecule has 1 aliphatic heterocycles. The maximum atomic E-state index is 15.0. The van der Waals surface area contributed by atoms with Crippen LogP contribution in [-0.2, 0) is 0 Å². The summed E-state index contributed by atoms with van der Waals surface area (Å²) in [5, 5.41) is 14.7. The Kier molecular flexibility index (Phi) is 7.78. The van der Waals surface area contributed by atoms with Crippen molar-refractivity contribution in [2.45, 2.75) is 18.9 Å². The van der Waals surface area contributed by atoms with E-state index in [1.807, 2.05) is 0 Å². The number of carbonyl (C=O) groups excluding carboxylic acids is 2. The molecule has 226 valence electrons. The predicted octanol–water partition coefficient (Wildman–Crippen LogP) is 4.93. The van der Waals surface area contributed by atoms with Crippen molar-refractivity contribution >= 4 is 23.4 Å². The van der Waals surface area contributed by atoms with E-state index in [4.69, 9.17) is 4.74 Å². The lowest BCUT2D eigenvalue weighted by molar-refractivity contribution is 0.102. The summed E-state index contributed by atoms with van der Waals surface area (Å²) in [6.07, 6.45) is 3.74. The summed E-state index contributed by atoms with van der Waals surface area (Å²) < 4.78 is 49.8. The Bertz CT molecular complexity index is 1780. The van der Waals surface area contributed by atoms with Gasteiger partial charge in [0.2, 0.25) is 0 Å². The summed E-state index contributed by atoms with van der Waals surface area (Å²) in [7, 11) is 0. The average Bonchev–Trinajstić information content (AvgIpc) is 3.54. The van der Waals surface area contributed by atoms with Gasteiger partial charge in [-0.1, -0.05) is 0 Å². The summed E-state index contributed by atoms with van der Waals surface area (Å²) in [6, 6.07) is 11.5. The van der Waals surface area contributed by atoms with E-state index in [0.29, 0.717) is 31.6 Å². The molecule has 2 aromatic heterocycles. The highest BCUT2D eigenvalue weighted by Crippen LogP contribution is 2.38. The molecular formula is C31H26F3N5O5. The molecule has 1 aliphatic carbocycles. The summed E-state index contributed by atoms with van der Waals surface area (Å²) in [5.74, 6) is -3.28. The van der Waals surface area contributed by atoms with Crippen molar-refractivity contribution in [2.24, 2.45) is 11.8 Å². The van der Waals surface area contributed by atoms with E-state index < -0.39 is 40.4 Å². The highest BCUT2D eigenvalue weighted by molar-refractivity contribution is 6.04. The zero-order chi connectivity index (χ0) is 31.0. The number of aliphatic hydroxyl groups excluding tert-OH is 1. The normalized spacial score (nSPS) is 19.0. The number of fused-ring (bicyclic) bond motifs is 1. The van der Waals surface area contributed by atoms with Crippen LogP contribution in [0.1, 0.15) is 23.2 Å². The second-order valence-electron chi connectivity index (χ2n) is 10.7. The van der Waals surface area contributed by atoms with Gasteiger partial charge in [-0.2, -0.15) is 0 Å². The van der Waals surface area contributed by atoms with Gasteiger partial charge >= 0.3 is 6.03 Å². The van der Waals surface area contributed by atoms with Crippen molar-refractivity contribution < 1.29 is 32.6 Å². The van der Waals surface area contributed by atoms with E-state index in [2.05, 4.69) is 15.6 Å². The van der Waals surface area contributed by atoms with Crippen LogP contribution in [-0.4, -0.2) is 50.7 Å². The molecule has 0 bridgehead atoms. The smallest absolute Gasteiger partial charge is 0.323 e. The summed E-state index contributed by atoms with van der Waals surface area (Å²) >= 11 is 0. The predicted molar refractivity (Wildman–Crippen MR) is 153 cm³/mol. The number of aromatic nitrogens is 2. The van der Waals surface area contributed by atoms with Crippen molar-refractivity contribution in [1.82, 2.24) is 14.5 Å². The maximum absolute atomic E-state index is 15.0. The fourth-order valence-electron chi connectivity index (χ4n) is 5.66. The molecule has 4 aromatic rings. The molecule has 3 amide bonds. The molecular weight excluding hydrogens is 579 g/mol. The van der Waals surface area contributed by atoms with Crippen molar-refractivity contribution in [3.63, 3.8) is 0 Å². The van der Waals surface area contributed by atoms with Gasteiger partial charge in [-0.05, 0) is 67.1 Å². The molecule has 3 atom stereocenters. The van der Waals surface area contributed by atoms with Gasteiger partial charge in [0.25, 0.3) is 11.5 Å². The second kappa shape index (κ2) is 11.8. The first-order valence-corrected chi connectivity index (χ1v) is 13.8. The fourth-order valence-corrected chi connectivity index (χ4v) is 5.66. The first-order chi connectivity index (χ1) is 21.1. The Hall–Kier alpha value is -5.17. The van der Waals surface area contributed by atoms with Gasteiger partial charge in [-0.15, -0.1) is 0 Å². The lowest BCUT2D eigenvalue weighted by Gasteiger charge is -2.18. The number of rotatable bonds is 6. The minimum absolute atomic E-state index is 0.0671. The number of amides is 3. The Morgan fingerprint density at radius 3 is 2.39 bits per heavy atom. The van der Waals surface area contributed by atoms with Crippen LogP contribution in [0.15, 0.2) is 77.9 Å². The van der Waals surface area contributed by atoms with Crippen LogP contribution >= 0.6 is 0 Å². The van der Waals surface area contributed by atoms with Gasteiger partial charge in [0.05, 0.1) is 11.8 Å². The lowest BCUT2D eigenvalue weighted by atomic mass is 10.0. The van der Waals surface area contributed by atoms with Crippen molar-refractivity contribution in [1.29, 1.82) is 0 Å². The summed E-state index contributed by atoms with van der Waals surface area (Å²) in [5.41, 5.74) is -1.31. The monoisotopic (exact) mass is 605 g/mol. The molecule has 10 nitrogen and oxygen atoms in total. The number of hydrogen-bond acceptors (Lipinski definition) is 6. The van der Waals surface area contributed by atoms with Crippen molar-refractivity contribution in [3.05, 3.63) is 106 Å². The van der Waals surface area contributed by atoms with Crippen LogP contribution in [0.25, 0.3) is 5.69 Å². The molecule has 3 N–H and O–H groups in total. The van der Waals surface area contributed by atoms with Crippen molar-refractivity contribution in [3.8, 4) is 17.2 Å². The molecule has 1 saturated carbocycles. The number of nitrogens with zero attached hydrogens (tertiary/aromatic N) is 3. The van der Waals surface area contributed by atoms with E-state index in [9.17, 15) is 32.7 Å². The molecule has 0 radical (unpaired) electrons. The fraction of sp³-hybridized carbons (Fsp3) is 0.226. The largest absolute Gasteiger partial charge is 0.454 e. The molecule has 0 spiro atoms. The minimum Gasteiger partial charge on any atom is -0.454 e. The van der Waals surface area contributed by atoms with E-state index >= 15 is 0 Å². The number of carbonyl (C=O) groups is 2. The second-order valence-corrected chi connectivity index (χ2v) is 10.7. The number of likely N-dealkylation sites (tertiary alicyclic amines) is 1. The molecule has 44 heavy (non-hydrogen) atoms. The SMILES string of the molecule is O=C(Nc1cc(F)c(Oc2ccnc(NC(=O)N3C[C@H]4C[C@H](O)C[C@H]4C3)c2)cc1F)c1cccn(-c2ccc(F)cc2)c1=O. The third-order valence-electron chi connectivity index (χ3n) is 7.77. The molecule has 6 rings (SSSR count). The molecule has 2 aliphatic rings. The first-order valence-electron chi connectivity index (χ1n) is 13.8. The van der Waals surface area contributed by atoms with Gasteiger partial charge in [0.15, 0.2) is 17.4 Å². The third-order valence-corrected chi connectivity index (χ3v) is 7.77. The first kappa shape index (κ1) is 28.9. The summed E-state index contributed by atoms with van der Waals surface area (Å²) in [4.78, 5) is 44.2. The Morgan fingerprint density at radius 1 is 0.932 bits per heavy atom. The van der Waals surface area contributed by atoms with Gasteiger partial charge in [-0.25, -0.2) is 22.9 Å². The number of anilines is 2. The van der Waals surface area contributed by atoms with E-state index in [0.717, 1.165) is 28.8 Å². The topological polar surface area (TPSA) is 126 Å². The van der Waals surface area contributed by atoms with Crippen LogP contribution in [0.5, 0.6) is 11.5 Å². The van der Waals surface area contributed by atoms with Crippen LogP contribution < -0.4 is 20.9 Å². The van der Waals surface area contributed by atoms with Gasteiger partial charge in [0.1, 0.15) is 22.9 Å². The summed E-state index contributed by atoms with van der Waals surface area (Å²) in [6.45, 7) is 1.07. The zero-order valence-corrected chi connectivity index (χ0v) is 23.0. The minimum atomic E-state index is -1.03. The number of ether oxygens (including phenoxy) is 1. The number of pyridine rings is 2. The molecule has 0 unspecified atom stereocenters. The van der Waals surface area contributed by atoms with E-state index in [-0.39, 0.29) is 41.1 Å². The molecule has 2 fully saturated rings. The number of aliphatic hydroxyl groups is 1. The Morgan fingerprint density at radius 2 is 1.66 bits per heavy atom. The maximum Gasteiger partial charge on any atom is 0.323 e. The van der Waals surface area contributed by atoms with E-state index in [1.54, 1.807) is 4.90 Å². The highest BCUT2D eigenvalue weighted by Gasteiger charge is 2.41. The molecule has 1 saturated heterocycles. The Labute approximate surface area is 248 Å². The molecule has 3 heterocycles. The van der Waals surface area contributed by atoms with Gasteiger partial charge < -0.3 is 20.1 Å². The van der Waals surface area contributed by atoms with Crippen LogP contribution in [0.3, 0.4) is 0 Å². The van der Waals surface area contributed by atoms with Crippen molar-refractivity contribution in [2.75, 3.05) is 23.7 Å². The number of urea groups is 1. The quantitative estimate of drug-likeness (QED) is 0.286. The lowest BCUT2D eigenvalue weighted by Crippen LogP contribution is -2.34. The average molecular weight is 606 g/mol. The standard InChI is InChI=1S/C31H26F3N5O5/c32-19-3-5-20(6-4-19)39-9-1-2-23(30(39)42)29(41)36-26-13-25(34)27(14-24(26)33)44-22-7-8-35-28(12-22)37-31(43)38-15-17-10-21(40)11-18(17)16-38/h1-9,12-14,17-18,21,40H,10-11,15-16H2,(H,36,41)(H,35,37,43)/t17-,18+,21+.